The minimum absolute atomic E-state index is 0.332. The number of hydrogen-bond acceptors (Lipinski definition) is 2. The molecule has 0 aliphatic heterocycles. The molecule has 0 rings (SSSR count). The third kappa shape index (κ3) is 40.3. The van der Waals surface area contributed by atoms with Crippen molar-refractivity contribution in [2.24, 2.45) is 5.73 Å². The molecular formula is C33H67NO2. The van der Waals surface area contributed by atoms with E-state index in [-0.39, 0.29) is 0 Å². The van der Waals surface area contributed by atoms with Gasteiger partial charge in [-0.1, -0.05) is 154 Å². The van der Waals surface area contributed by atoms with Gasteiger partial charge in [0.15, 0.2) is 0 Å². The molecule has 3 N–H and O–H groups in total. The maximum absolute atomic E-state index is 10.3. The van der Waals surface area contributed by atoms with Crippen molar-refractivity contribution in [1.82, 2.24) is 0 Å². The maximum Gasteiger partial charge on any atom is 0.303 e. The van der Waals surface area contributed by atoms with Crippen LogP contribution < -0.4 is 5.73 Å². The fraction of sp³-hybridized carbons (Fsp3) is 0.909. The number of carbonyl (C=O) groups is 1. The molecule has 0 saturated heterocycles. The van der Waals surface area contributed by atoms with Gasteiger partial charge in [0, 0.05) is 6.42 Å². The summed E-state index contributed by atoms with van der Waals surface area (Å²) >= 11 is 0. The SMILES string of the molecule is CCCCCCCCC=CCCCCCCCC(=O)O.CCCCCCCCCCCCCCCN. The van der Waals surface area contributed by atoms with Gasteiger partial charge in [0.05, 0.1) is 0 Å². The molecule has 36 heavy (non-hydrogen) atoms. The summed E-state index contributed by atoms with van der Waals surface area (Å²) in [6.07, 6.45) is 39.6. The topological polar surface area (TPSA) is 63.3 Å². The maximum atomic E-state index is 10.3. The Hall–Kier alpha value is -0.830. The molecule has 0 amide bonds. The Bertz CT molecular complexity index is 408. The van der Waals surface area contributed by atoms with E-state index in [9.17, 15) is 4.79 Å². The summed E-state index contributed by atoms with van der Waals surface area (Å²) in [7, 11) is 0. The highest BCUT2D eigenvalue weighted by Gasteiger charge is 1.96. The summed E-state index contributed by atoms with van der Waals surface area (Å²) in [4.78, 5) is 10.3. The van der Waals surface area contributed by atoms with Crippen LogP contribution in [-0.4, -0.2) is 17.6 Å². The molecule has 0 atom stereocenters. The third-order valence-electron chi connectivity index (χ3n) is 6.96. The number of allylic oxidation sites excluding steroid dienone is 2. The second-order valence-corrected chi connectivity index (χ2v) is 10.8. The molecule has 216 valence electrons. The summed E-state index contributed by atoms with van der Waals surface area (Å²) in [5.41, 5.74) is 5.46. The second-order valence-electron chi connectivity index (χ2n) is 10.8. The minimum Gasteiger partial charge on any atom is -0.481 e. The van der Waals surface area contributed by atoms with Gasteiger partial charge >= 0.3 is 5.97 Å². The number of hydrogen-bond donors (Lipinski definition) is 2. The van der Waals surface area contributed by atoms with Crippen LogP contribution in [0.5, 0.6) is 0 Å². The van der Waals surface area contributed by atoms with Gasteiger partial charge in [0.25, 0.3) is 0 Å². The Balaban J connectivity index is 0. The summed E-state index contributed by atoms with van der Waals surface area (Å²) < 4.78 is 0. The lowest BCUT2D eigenvalue weighted by atomic mass is 10.0. The molecule has 0 bridgehead atoms. The van der Waals surface area contributed by atoms with Crippen LogP contribution in [0.2, 0.25) is 0 Å². The van der Waals surface area contributed by atoms with Gasteiger partial charge in [-0.05, 0) is 45.1 Å². The van der Waals surface area contributed by atoms with Crippen LogP contribution in [0, 0.1) is 0 Å². The number of carboxylic acids is 1. The van der Waals surface area contributed by atoms with Gasteiger partial charge in [-0.3, -0.25) is 4.79 Å². The molecule has 0 aromatic rings. The standard InChI is InChI=1S/C18H34O2.C15H33N/c1-2-3-4-5-6-7-8-9-10-11-12-13-14-15-16-17-18(19)20;1-2-3-4-5-6-7-8-9-10-11-12-13-14-15-16/h9-10H,2-8,11-17H2,1H3,(H,19,20);2-16H2,1H3. The van der Waals surface area contributed by atoms with Crippen molar-refractivity contribution in [3.8, 4) is 0 Å². The Morgan fingerprint density at radius 2 is 0.806 bits per heavy atom. The lowest BCUT2D eigenvalue weighted by Gasteiger charge is -2.02. The number of aliphatic carboxylic acids is 1. The zero-order valence-electron chi connectivity index (χ0n) is 24.9. The number of nitrogens with two attached hydrogens (primary N) is 1. The highest BCUT2D eigenvalue weighted by molar-refractivity contribution is 5.66. The van der Waals surface area contributed by atoms with Crippen molar-refractivity contribution >= 4 is 5.97 Å². The van der Waals surface area contributed by atoms with Crippen LogP contribution in [0.1, 0.15) is 187 Å². The van der Waals surface area contributed by atoms with E-state index in [1.165, 1.54) is 154 Å². The van der Waals surface area contributed by atoms with Crippen molar-refractivity contribution in [2.45, 2.75) is 187 Å². The van der Waals surface area contributed by atoms with E-state index >= 15 is 0 Å². The number of carboxylic acid groups (broad SMARTS) is 1. The highest BCUT2D eigenvalue weighted by Crippen LogP contribution is 2.12. The molecule has 0 radical (unpaired) electrons. The van der Waals surface area contributed by atoms with Gasteiger partial charge < -0.3 is 10.8 Å². The van der Waals surface area contributed by atoms with E-state index in [4.69, 9.17) is 10.8 Å². The summed E-state index contributed by atoms with van der Waals surface area (Å²) in [5, 5.41) is 8.51. The molecular weight excluding hydrogens is 442 g/mol. The average molecular weight is 510 g/mol. The highest BCUT2D eigenvalue weighted by atomic mass is 16.4. The predicted octanol–water partition coefficient (Wildman–Crippen LogP) is 11.1. The Morgan fingerprint density at radius 3 is 1.14 bits per heavy atom. The quantitative estimate of drug-likeness (QED) is 0.0814. The Kier molecular flexibility index (Phi) is 37.7. The molecule has 0 heterocycles. The van der Waals surface area contributed by atoms with Crippen LogP contribution in [0.15, 0.2) is 12.2 Å². The lowest BCUT2D eigenvalue weighted by Crippen LogP contribution is -1.97. The fourth-order valence-corrected chi connectivity index (χ4v) is 4.51. The van der Waals surface area contributed by atoms with Crippen molar-refractivity contribution in [3.05, 3.63) is 12.2 Å². The number of unbranched alkanes of at least 4 members (excludes halogenated alkanes) is 23. The van der Waals surface area contributed by atoms with Crippen LogP contribution in [0.3, 0.4) is 0 Å². The molecule has 0 aromatic carbocycles. The fourth-order valence-electron chi connectivity index (χ4n) is 4.51. The Labute approximate surface area is 227 Å². The summed E-state index contributed by atoms with van der Waals surface area (Å²) in [5.74, 6) is -0.664. The number of rotatable bonds is 28. The van der Waals surface area contributed by atoms with Crippen molar-refractivity contribution < 1.29 is 9.90 Å². The zero-order chi connectivity index (χ0) is 26.8. The first-order valence-electron chi connectivity index (χ1n) is 16.3. The van der Waals surface area contributed by atoms with Crippen LogP contribution >= 0.6 is 0 Å². The van der Waals surface area contributed by atoms with E-state index in [1.807, 2.05) is 0 Å². The van der Waals surface area contributed by atoms with Crippen molar-refractivity contribution in [2.75, 3.05) is 6.54 Å². The smallest absolute Gasteiger partial charge is 0.303 e. The third-order valence-corrected chi connectivity index (χ3v) is 6.96. The van der Waals surface area contributed by atoms with Crippen LogP contribution in [0.4, 0.5) is 0 Å². The molecule has 0 spiro atoms. The van der Waals surface area contributed by atoms with Crippen LogP contribution in [-0.2, 0) is 4.79 Å². The average Bonchev–Trinajstić information content (AvgIpc) is 2.87. The monoisotopic (exact) mass is 510 g/mol. The van der Waals surface area contributed by atoms with Crippen molar-refractivity contribution in [1.29, 1.82) is 0 Å². The molecule has 0 aliphatic carbocycles. The van der Waals surface area contributed by atoms with Gasteiger partial charge in [-0.15, -0.1) is 0 Å². The Morgan fingerprint density at radius 1 is 0.500 bits per heavy atom. The largest absolute Gasteiger partial charge is 0.481 e. The van der Waals surface area contributed by atoms with E-state index in [0.29, 0.717) is 6.42 Å². The van der Waals surface area contributed by atoms with Gasteiger partial charge in [-0.2, -0.15) is 0 Å². The minimum atomic E-state index is -0.664. The molecule has 3 nitrogen and oxygen atoms in total. The van der Waals surface area contributed by atoms with Gasteiger partial charge in [-0.25, -0.2) is 0 Å². The first-order valence-corrected chi connectivity index (χ1v) is 16.3. The second kappa shape index (κ2) is 36.3. The molecule has 0 aliphatic rings. The molecule has 0 saturated carbocycles. The van der Waals surface area contributed by atoms with E-state index < -0.39 is 5.97 Å². The summed E-state index contributed by atoms with van der Waals surface area (Å²) in [6, 6.07) is 0. The molecule has 0 fully saturated rings. The normalized spacial score (nSPS) is 11.1. The van der Waals surface area contributed by atoms with Crippen LogP contribution in [0.25, 0.3) is 0 Å². The van der Waals surface area contributed by atoms with Crippen molar-refractivity contribution in [3.63, 3.8) is 0 Å². The first-order chi connectivity index (χ1) is 17.7. The molecule has 3 heteroatoms. The van der Waals surface area contributed by atoms with Gasteiger partial charge in [0.1, 0.15) is 0 Å². The van der Waals surface area contributed by atoms with E-state index in [2.05, 4.69) is 26.0 Å². The summed E-state index contributed by atoms with van der Waals surface area (Å²) in [6.45, 7) is 5.41. The predicted molar refractivity (Wildman–Crippen MR) is 162 cm³/mol. The molecule has 0 aromatic heterocycles. The molecule has 0 unspecified atom stereocenters. The first kappa shape index (κ1) is 37.3. The van der Waals surface area contributed by atoms with E-state index in [1.54, 1.807) is 0 Å². The lowest BCUT2D eigenvalue weighted by molar-refractivity contribution is -0.137. The van der Waals surface area contributed by atoms with Gasteiger partial charge in [0.2, 0.25) is 0 Å². The van der Waals surface area contributed by atoms with E-state index in [0.717, 1.165) is 19.4 Å². The zero-order valence-corrected chi connectivity index (χ0v) is 24.9.